The fraction of sp³-hybridized carbons (Fsp3) is 0.143. The van der Waals surface area contributed by atoms with Gasteiger partial charge in [-0.05, 0) is 12.1 Å². The van der Waals surface area contributed by atoms with Gasteiger partial charge in [-0.2, -0.15) is 5.26 Å². The SMILES string of the molecule is N#CC(NCc1ccccc1F)c1cccnc1. The third-order valence-corrected chi connectivity index (χ3v) is 2.60. The molecule has 0 spiro atoms. The summed E-state index contributed by atoms with van der Waals surface area (Å²) in [6.07, 6.45) is 3.27. The first-order valence-electron chi connectivity index (χ1n) is 5.57. The Kier molecular flexibility index (Phi) is 4.00. The number of nitrogens with one attached hydrogen (secondary N) is 1. The van der Waals surface area contributed by atoms with Crippen molar-refractivity contribution in [3.63, 3.8) is 0 Å². The van der Waals surface area contributed by atoms with E-state index in [9.17, 15) is 4.39 Å². The van der Waals surface area contributed by atoms with E-state index < -0.39 is 6.04 Å². The lowest BCUT2D eigenvalue weighted by Gasteiger charge is -2.11. The molecule has 1 atom stereocenters. The Morgan fingerprint density at radius 2 is 2.11 bits per heavy atom. The van der Waals surface area contributed by atoms with Gasteiger partial charge in [-0.3, -0.25) is 10.3 Å². The van der Waals surface area contributed by atoms with Gasteiger partial charge in [0.15, 0.2) is 0 Å². The summed E-state index contributed by atoms with van der Waals surface area (Å²) in [5, 5.41) is 12.1. The predicted octanol–water partition coefficient (Wildman–Crippen LogP) is 2.58. The second kappa shape index (κ2) is 5.89. The van der Waals surface area contributed by atoms with E-state index in [0.29, 0.717) is 12.1 Å². The zero-order chi connectivity index (χ0) is 12.8. The molecule has 0 saturated heterocycles. The summed E-state index contributed by atoms with van der Waals surface area (Å²) in [7, 11) is 0. The van der Waals surface area contributed by atoms with Gasteiger partial charge in [-0.1, -0.05) is 24.3 Å². The fourth-order valence-corrected chi connectivity index (χ4v) is 1.64. The molecule has 1 N–H and O–H groups in total. The maximum atomic E-state index is 13.4. The molecule has 90 valence electrons. The van der Waals surface area contributed by atoms with E-state index in [2.05, 4.69) is 16.4 Å². The molecule has 2 rings (SSSR count). The van der Waals surface area contributed by atoms with Crippen molar-refractivity contribution >= 4 is 0 Å². The summed E-state index contributed by atoms with van der Waals surface area (Å²) in [5.74, 6) is -0.270. The first-order valence-corrected chi connectivity index (χ1v) is 5.57. The highest BCUT2D eigenvalue weighted by molar-refractivity contribution is 5.22. The Labute approximate surface area is 105 Å². The van der Waals surface area contributed by atoms with Crippen LogP contribution in [0.15, 0.2) is 48.8 Å². The number of nitrogens with zero attached hydrogens (tertiary/aromatic N) is 2. The summed E-state index contributed by atoms with van der Waals surface area (Å²) < 4.78 is 13.4. The van der Waals surface area contributed by atoms with E-state index in [1.54, 1.807) is 36.7 Å². The molecule has 0 aliphatic heterocycles. The lowest BCUT2D eigenvalue weighted by Crippen LogP contribution is -2.20. The number of rotatable bonds is 4. The van der Waals surface area contributed by atoms with Crippen LogP contribution in [-0.4, -0.2) is 4.98 Å². The van der Waals surface area contributed by atoms with E-state index in [-0.39, 0.29) is 5.82 Å². The van der Waals surface area contributed by atoms with Gasteiger partial charge in [0.25, 0.3) is 0 Å². The lowest BCUT2D eigenvalue weighted by molar-refractivity contribution is 0.571. The largest absolute Gasteiger partial charge is 0.294 e. The molecule has 0 saturated carbocycles. The Bertz CT molecular complexity index is 548. The third kappa shape index (κ3) is 2.90. The van der Waals surface area contributed by atoms with Gasteiger partial charge in [0.2, 0.25) is 0 Å². The summed E-state index contributed by atoms with van der Waals surface area (Å²) in [6.45, 7) is 0.305. The van der Waals surface area contributed by atoms with Crippen LogP contribution < -0.4 is 5.32 Å². The minimum Gasteiger partial charge on any atom is -0.294 e. The first kappa shape index (κ1) is 12.2. The van der Waals surface area contributed by atoms with E-state index in [0.717, 1.165) is 5.56 Å². The highest BCUT2D eigenvalue weighted by atomic mass is 19.1. The van der Waals surface area contributed by atoms with Crippen molar-refractivity contribution in [2.75, 3.05) is 0 Å². The van der Waals surface area contributed by atoms with Crippen LogP contribution in [0.5, 0.6) is 0 Å². The standard InChI is InChI=1S/C14H12FN3/c15-13-6-2-1-4-11(13)10-18-14(8-16)12-5-3-7-17-9-12/h1-7,9,14,18H,10H2. The number of hydrogen-bond donors (Lipinski definition) is 1. The van der Waals surface area contributed by atoms with Crippen molar-refractivity contribution in [3.8, 4) is 6.07 Å². The highest BCUT2D eigenvalue weighted by Crippen LogP contribution is 2.12. The number of halogens is 1. The maximum absolute atomic E-state index is 13.4. The Hall–Kier alpha value is -2.25. The maximum Gasteiger partial charge on any atom is 0.127 e. The monoisotopic (exact) mass is 241 g/mol. The second-order valence-electron chi connectivity index (χ2n) is 3.82. The molecule has 0 amide bonds. The molecule has 1 aromatic carbocycles. The molecule has 2 aromatic rings. The summed E-state index contributed by atoms with van der Waals surface area (Å²) in [4.78, 5) is 3.96. The van der Waals surface area contributed by atoms with E-state index >= 15 is 0 Å². The zero-order valence-electron chi connectivity index (χ0n) is 9.68. The minimum absolute atomic E-state index is 0.270. The smallest absolute Gasteiger partial charge is 0.127 e. The molecular formula is C14H12FN3. The van der Waals surface area contributed by atoms with Crippen LogP contribution in [0, 0.1) is 17.1 Å². The van der Waals surface area contributed by atoms with Crippen molar-refractivity contribution in [1.29, 1.82) is 5.26 Å². The van der Waals surface area contributed by atoms with E-state index in [1.165, 1.54) is 6.07 Å². The predicted molar refractivity (Wildman–Crippen MR) is 65.8 cm³/mol. The minimum atomic E-state index is -0.488. The molecule has 0 aliphatic carbocycles. The van der Waals surface area contributed by atoms with Gasteiger partial charge in [0.05, 0.1) is 6.07 Å². The Morgan fingerprint density at radius 3 is 2.78 bits per heavy atom. The topological polar surface area (TPSA) is 48.7 Å². The van der Waals surface area contributed by atoms with Gasteiger partial charge in [-0.15, -0.1) is 0 Å². The van der Waals surface area contributed by atoms with Gasteiger partial charge in [0.1, 0.15) is 11.9 Å². The quantitative estimate of drug-likeness (QED) is 0.895. The summed E-state index contributed by atoms with van der Waals surface area (Å²) in [6, 6.07) is 11.7. The third-order valence-electron chi connectivity index (χ3n) is 2.60. The van der Waals surface area contributed by atoms with E-state index in [1.807, 2.05) is 6.07 Å². The number of hydrogen-bond acceptors (Lipinski definition) is 3. The zero-order valence-corrected chi connectivity index (χ0v) is 9.68. The van der Waals surface area contributed by atoms with Gasteiger partial charge >= 0.3 is 0 Å². The lowest BCUT2D eigenvalue weighted by atomic mass is 10.1. The molecular weight excluding hydrogens is 229 g/mol. The van der Waals surface area contributed by atoms with Crippen molar-refractivity contribution in [1.82, 2.24) is 10.3 Å². The second-order valence-corrected chi connectivity index (χ2v) is 3.82. The van der Waals surface area contributed by atoms with Crippen LogP contribution in [0.4, 0.5) is 4.39 Å². The molecule has 0 aliphatic rings. The average Bonchev–Trinajstić information content (AvgIpc) is 2.42. The van der Waals surface area contributed by atoms with Crippen molar-refractivity contribution in [3.05, 3.63) is 65.7 Å². The molecule has 0 radical (unpaired) electrons. The summed E-state index contributed by atoms with van der Waals surface area (Å²) in [5.41, 5.74) is 1.32. The van der Waals surface area contributed by atoms with Crippen LogP contribution in [0.1, 0.15) is 17.2 Å². The van der Waals surface area contributed by atoms with Gasteiger partial charge in [-0.25, -0.2) is 4.39 Å². The molecule has 1 unspecified atom stereocenters. The van der Waals surface area contributed by atoms with Crippen molar-refractivity contribution < 1.29 is 4.39 Å². The van der Waals surface area contributed by atoms with Crippen LogP contribution in [0.3, 0.4) is 0 Å². The van der Waals surface area contributed by atoms with Gasteiger partial charge in [0, 0.05) is 30.1 Å². The van der Waals surface area contributed by atoms with Gasteiger partial charge < -0.3 is 0 Å². The van der Waals surface area contributed by atoms with Crippen LogP contribution >= 0.6 is 0 Å². The van der Waals surface area contributed by atoms with Crippen LogP contribution in [0.2, 0.25) is 0 Å². The molecule has 0 bridgehead atoms. The number of nitriles is 1. The molecule has 0 fully saturated rings. The summed E-state index contributed by atoms with van der Waals surface area (Å²) >= 11 is 0. The van der Waals surface area contributed by atoms with Crippen molar-refractivity contribution in [2.24, 2.45) is 0 Å². The van der Waals surface area contributed by atoms with Crippen LogP contribution in [0.25, 0.3) is 0 Å². The molecule has 1 heterocycles. The molecule has 1 aromatic heterocycles. The average molecular weight is 241 g/mol. The molecule has 18 heavy (non-hydrogen) atoms. The van der Waals surface area contributed by atoms with E-state index in [4.69, 9.17) is 5.26 Å². The fourth-order valence-electron chi connectivity index (χ4n) is 1.64. The number of pyridine rings is 1. The van der Waals surface area contributed by atoms with Crippen LogP contribution in [-0.2, 0) is 6.54 Å². The Morgan fingerprint density at radius 1 is 1.28 bits per heavy atom. The normalized spacial score (nSPS) is 11.8. The number of aromatic nitrogens is 1. The molecule has 3 nitrogen and oxygen atoms in total. The molecule has 4 heteroatoms. The Balaban J connectivity index is 2.05. The highest BCUT2D eigenvalue weighted by Gasteiger charge is 2.10. The first-order chi connectivity index (χ1) is 8.81. The van der Waals surface area contributed by atoms with Crippen molar-refractivity contribution in [2.45, 2.75) is 12.6 Å². The number of benzene rings is 1.